The third-order valence-electron chi connectivity index (χ3n) is 1.61. The van der Waals surface area contributed by atoms with Gasteiger partial charge in [-0.05, 0) is 0 Å². The van der Waals surface area contributed by atoms with Crippen LogP contribution in [-0.2, 0) is 9.47 Å². The van der Waals surface area contributed by atoms with Crippen LogP contribution in [-0.4, -0.2) is 43.7 Å². The third-order valence-corrected chi connectivity index (χ3v) is 1.61. The molecule has 0 aliphatic rings. The van der Waals surface area contributed by atoms with E-state index in [4.69, 9.17) is 19.6 Å². The second-order valence-electron chi connectivity index (χ2n) is 2.64. The molecule has 1 aromatic heterocycles. The lowest BCUT2D eigenvalue weighted by Crippen LogP contribution is -2.26. The molecule has 0 spiro atoms. The molecule has 0 saturated carbocycles. The van der Waals surface area contributed by atoms with Crippen LogP contribution in [0.1, 0.15) is 0 Å². The molecule has 1 heterocycles. The Labute approximate surface area is 81.6 Å². The molecule has 14 heavy (non-hydrogen) atoms. The highest BCUT2D eigenvalue weighted by Gasteiger charge is 2.08. The highest BCUT2D eigenvalue weighted by atomic mass is 16.5. The third kappa shape index (κ3) is 3.19. The second-order valence-corrected chi connectivity index (χ2v) is 2.64. The van der Waals surface area contributed by atoms with Gasteiger partial charge in [-0.15, -0.1) is 0 Å². The molecule has 0 amide bonds. The van der Waals surface area contributed by atoms with Gasteiger partial charge in [0.1, 0.15) is 0 Å². The zero-order valence-corrected chi connectivity index (χ0v) is 8.19. The van der Waals surface area contributed by atoms with Crippen LogP contribution in [0.2, 0.25) is 0 Å². The first-order valence-corrected chi connectivity index (χ1v) is 4.11. The molecule has 1 aromatic rings. The smallest absolute Gasteiger partial charge is 0.316 e. The van der Waals surface area contributed by atoms with Crippen molar-refractivity contribution < 1.29 is 13.9 Å². The quantitative estimate of drug-likeness (QED) is 0.655. The summed E-state index contributed by atoms with van der Waals surface area (Å²) >= 11 is 0. The lowest BCUT2D eigenvalue weighted by Gasteiger charge is -2.13. The lowest BCUT2D eigenvalue weighted by atomic mass is 10.4. The standard InChI is InChI=1S/C7H14N4O3/c1-12-4-5(13-2)3-9-7-11-10-6(8)14-7/h5H,3-4H2,1-2H3,(H2,8,10)(H,9,11). The summed E-state index contributed by atoms with van der Waals surface area (Å²) < 4.78 is 14.9. The van der Waals surface area contributed by atoms with Crippen LogP contribution < -0.4 is 11.1 Å². The molecule has 0 fully saturated rings. The number of nitrogen functional groups attached to an aromatic ring is 1. The molecule has 7 heteroatoms. The van der Waals surface area contributed by atoms with Gasteiger partial charge >= 0.3 is 12.0 Å². The van der Waals surface area contributed by atoms with E-state index in [1.54, 1.807) is 14.2 Å². The maximum absolute atomic E-state index is 5.24. The first-order valence-electron chi connectivity index (χ1n) is 4.11. The van der Waals surface area contributed by atoms with Crippen molar-refractivity contribution in [1.29, 1.82) is 0 Å². The van der Waals surface area contributed by atoms with Gasteiger partial charge in [0.2, 0.25) is 0 Å². The molecule has 0 radical (unpaired) electrons. The number of rotatable bonds is 6. The van der Waals surface area contributed by atoms with Crippen molar-refractivity contribution in [2.45, 2.75) is 6.10 Å². The summed E-state index contributed by atoms with van der Waals surface area (Å²) in [4.78, 5) is 0. The van der Waals surface area contributed by atoms with E-state index in [0.29, 0.717) is 13.2 Å². The number of hydrogen-bond acceptors (Lipinski definition) is 7. The number of hydrogen-bond donors (Lipinski definition) is 2. The summed E-state index contributed by atoms with van der Waals surface area (Å²) in [5.41, 5.74) is 5.24. The van der Waals surface area contributed by atoms with Crippen LogP contribution in [0.15, 0.2) is 4.42 Å². The van der Waals surface area contributed by atoms with Gasteiger partial charge in [0, 0.05) is 20.8 Å². The van der Waals surface area contributed by atoms with E-state index in [1.807, 2.05) is 0 Å². The molecule has 0 aliphatic carbocycles. The molecule has 1 rings (SSSR count). The van der Waals surface area contributed by atoms with E-state index in [-0.39, 0.29) is 18.1 Å². The molecule has 80 valence electrons. The summed E-state index contributed by atoms with van der Waals surface area (Å²) in [5.74, 6) is 0. The van der Waals surface area contributed by atoms with E-state index in [1.165, 1.54) is 0 Å². The Kier molecular flexibility index (Phi) is 4.14. The Morgan fingerprint density at radius 1 is 1.50 bits per heavy atom. The summed E-state index contributed by atoms with van der Waals surface area (Å²) in [7, 11) is 3.21. The molecule has 7 nitrogen and oxygen atoms in total. The van der Waals surface area contributed by atoms with Gasteiger partial charge in [0.05, 0.1) is 12.7 Å². The minimum absolute atomic E-state index is 0.0354. The van der Waals surface area contributed by atoms with Gasteiger partial charge in [-0.25, -0.2) is 0 Å². The number of ether oxygens (including phenoxy) is 2. The highest BCUT2D eigenvalue weighted by Crippen LogP contribution is 2.06. The fourth-order valence-electron chi connectivity index (χ4n) is 0.903. The van der Waals surface area contributed by atoms with Crippen molar-refractivity contribution in [1.82, 2.24) is 10.2 Å². The number of nitrogens with one attached hydrogen (secondary N) is 1. The zero-order chi connectivity index (χ0) is 10.4. The van der Waals surface area contributed by atoms with Gasteiger partial charge in [0.25, 0.3) is 0 Å². The Morgan fingerprint density at radius 3 is 2.79 bits per heavy atom. The van der Waals surface area contributed by atoms with Crippen molar-refractivity contribution in [2.75, 3.05) is 38.4 Å². The van der Waals surface area contributed by atoms with Crippen molar-refractivity contribution in [3.8, 4) is 0 Å². The van der Waals surface area contributed by atoms with E-state index in [2.05, 4.69) is 15.5 Å². The normalized spacial score (nSPS) is 12.7. The summed E-state index contributed by atoms with van der Waals surface area (Å²) in [6.07, 6.45) is -0.0619. The fourth-order valence-corrected chi connectivity index (χ4v) is 0.903. The second kappa shape index (κ2) is 5.40. The van der Waals surface area contributed by atoms with Crippen molar-refractivity contribution in [2.24, 2.45) is 0 Å². The summed E-state index contributed by atoms with van der Waals surface area (Å²) in [6.45, 7) is 1.01. The minimum atomic E-state index is -0.0619. The van der Waals surface area contributed by atoms with Gasteiger partial charge < -0.3 is 24.9 Å². The number of anilines is 2. The molecule has 0 aromatic carbocycles. The van der Waals surface area contributed by atoms with Gasteiger partial charge in [-0.1, -0.05) is 10.2 Å². The zero-order valence-electron chi connectivity index (χ0n) is 8.19. The highest BCUT2D eigenvalue weighted by molar-refractivity contribution is 5.22. The van der Waals surface area contributed by atoms with Gasteiger partial charge in [0.15, 0.2) is 0 Å². The van der Waals surface area contributed by atoms with E-state index < -0.39 is 0 Å². The molecule has 0 saturated heterocycles. The topological polar surface area (TPSA) is 95.4 Å². The Bertz CT molecular complexity index is 265. The minimum Gasteiger partial charge on any atom is -0.390 e. The largest absolute Gasteiger partial charge is 0.390 e. The van der Waals surface area contributed by atoms with Crippen LogP contribution >= 0.6 is 0 Å². The first-order chi connectivity index (χ1) is 6.76. The number of aromatic nitrogens is 2. The van der Waals surface area contributed by atoms with E-state index in [9.17, 15) is 0 Å². The molecule has 1 atom stereocenters. The van der Waals surface area contributed by atoms with Crippen LogP contribution in [0.25, 0.3) is 0 Å². The van der Waals surface area contributed by atoms with Crippen LogP contribution in [0.3, 0.4) is 0 Å². The van der Waals surface area contributed by atoms with Gasteiger partial charge in [-0.3, -0.25) is 0 Å². The molecule has 1 unspecified atom stereocenters. The number of nitrogens with zero attached hydrogens (tertiary/aromatic N) is 2. The SMILES string of the molecule is COCC(CNc1nnc(N)o1)OC. The van der Waals surface area contributed by atoms with E-state index >= 15 is 0 Å². The maximum Gasteiger partial charge on any atom is 0.316 e. The average molecular weight is 202 g/mol. The van der Waals surface area contributed by atoms with Crippen LogP contribution in [0.4, 0.5) is 12.0 Å². The first kappa shape index (κ1) is 10.7. The Hall–Kier alpha value is -1.34. The van der Waals surface area contributed by atoms with Crippen LogP contribution in [0, 0.1) is 0 Å². The fraction of sp³-hybridized carbons (Fsp3) is 0.714. The number of nitrogens with two attached hydrogens (primary N) is 1. The summed E-state index contributed by atoms with van der Waals surface area (Å²) in [6, 6.07) is 0.314. The summed E-state index contributed by atoms with van der Waals surface area (Å²) in [5, 5.41) is 10.0. The predicted molar refractivity (Wildman–Crippen MR) is 49.9 cm³/mol. The molecular weight excluding hydrogens is 188 g/mol. The Morgan fingerprint density at radius 2 is 2.29 bits per heavy atom. The van der Waals surface area contributed by atoms with Gasteiger partial charge in [-0.2, -0.15) is 0 Å². The molecule has 0 bridgehead atoms. The van der Waals surface area contributed by atoms with Crippen molar-refractivity contribution in [3.63, 3.8) is 0 Å². The van der Waals surface area contributed by atoms with Crippen molar-refractivity contribution in [3.05, 3.63) is 0 Å². The van der Waals surface area contributed by atoms with E-state index in [0.717, 1.165) is 0 Å². The predicted octanol–water partition coefficient (Wildman–Crippen LogP) is -0.275. The lowest BCUT2D eigenvalue weighted by molar-refractivity contribution is 0.0363. The molecular formula is C7H14N4O3. The maximum atomic E-state index is 5.24. The number of methoxy groups -OCH3 is 2. The monoisotopic (exact) mass is 202 g/mol. The molecule has 0 aliphatic heterocycles. The molecule has 3 N–H and O–H groups in total. The Balaban J connectivity index is 2.31. The average Bonchev–Trinajstić information content (AvgIpc) is 2.59. The van der Waals surface area contributed by atoms with Crippen LogP contribution in [0.5, 0.6) is 0 Å². The van der Waals surface area contributed by atoms with Crippen molar-refractivity contribution >= 4 is 12.0 Å².